The summed E-state index contributed by atoms with van der Waals surface area (Å²) in [6.07, 6.45) is 3.66. The van der Waals surface area contributed by atoms with Crippen LogP contribution >= 0.6 is 0 Å². The second kappa shape index (κ2) is 13.8. The third-order valence-corrected chi connectivity index (χ3v) is 17.4. The maximum Gasteiger partial charge on any atom is 0.265 e. The third kappa shape index (κ3) is 6.18. The van der Waals surface area contributed by atoms with Crippen LogP contribution in [0.2, 0.25) is 18.1 Å². The summed E-state index contributed by atoms with van der Waals surface area (Å²) in [5.41, 5.74) is -1.32. The highest BCUT2D eigenvalue weighted by atomic mass is 28.4. The van der Waals surface area contributed by atoms with Crippen molar-refractivity contribution >= 4 is 19.9 Å². The summed E-state index contributed by atoms with van der Waals surface area (Å²) >= 11 is 0. The SMILES string of the molecule is CCCCOc1noc2c1C(=O)[C@@]1(O[Si](C)(C)C(C)(C)C)C(O)=C3C(=O)c4c(c(F)c5c(c4OCCCC)CN(C(C)(C)C)C5)C[C@@]3(C)C[C@H]1[C@@H]2N(C)C. The monoisotopic (exact) mass is 767 g/mol. The fourth-order valence-corrected chi connectivity index (χ4v) is 10.3. The van der Waals surface area contributed by atoms with E-state index in [9.17, 15) is 5.11 Å². The normalized spacial score (nSPS) is 25.8. The average molecular weight is 768 g/mol. The van der Waals surface area contributed by atoms with Gasteiger partial charge in [-0.25, -0.2) is 4.39 Å². The topological polar surface area (TPSA) is 115 Å². The molecule has 0 amide bonds. The lowest BCUT2D eigenvalue weighted by Crippen LogP contribution is -2.66. The zero-order chi connectivity index (χ0) is 39.9. The van der Waals surface area contributed by atoms with Gasteiger partial charge in [0.1, 0.15) is 22.9 Å². The Morgan fingerprint density at radius 3 is 2.17 bits per heavy atom. The number of hydrogen-bond acceptors (Lipinski definition) is 10. The molecule has 2 aromatic rings. The molecule has 0 spiro atoms. The van der Waals surface area contributed by atoms with E-state index in [2.05, 4.69) is 58.5 Å². The fourth-order valence-electron chi connectivity index (χ4n) is 8.82. The Hall–Kier alpha value is -3.06. The lowest BCUT2D eigenvalue weighted by atomic mass is 9.53. The molecular weight excluding hydrogens is 706 g/mol. The van der Waals surface area contributed by atoms with E-state index in [1.165, 1.54) is 0 Å². The minimum atomic E-state index is -2.89. The van der Waals surface area contributed by atoms with Gasteiger partial charge in [0.2, 0.25) is 5.78 Å². The number of nitrogens with zero attached hydrogens (tertiary/aromatic N) is 3. The first kappa shape index (κ1) is 40.6. The summed E-state index contributed by atoms with van der Waals surface area (Å²) in [4.78, 5) is 35.0. The predicted molar refractivity (Wildman–Crippen MR) is 208 cm³/mol. The number of Topliss-reactive ketones (excluding diaryl/α,β-unsaturated/α-hetero) is 2. The first-order valence-corrected chi connectivity index (χ1v) is 22.7. The van der Waals surface area contributed by atoms with Gasteiger partial charge in [-0.1, -0.05) is 54.4 Å². The zero-order valence-corrected chi connectivity index (χ0v) is 35.8. The number of carbonyl (C=O) groups is 2. The molecule has 4 aliphatic rings. The Morgan fingerprint density at radius 2 is 1.59 bits per heavy atom. The molecule has 1 N–H and O–H groups in total. The Labute approximate surface area is 321 Å². The number of aliphatic hydroxyl groups excluding tert-OH is 1. The van der Waals surface area contributed by atoms with Crippen molar-refractivity contribution in [2.24, 2.45) is 11.3 Å². The van der Waals surface area contributed by atoms with Crippen LogP contribution in [-0.2, 0) is 23.9 Å². The molecule has 1 aliphatic heterocycles. The molecule has 0 unspecified atom stereocenters. The van der Waals surface area contributed by atoms with E-state index in [1.807, 2.05) is 45.9 Å². The van der Waals surface area contributed by atoms with Crippen molar-refractivity contribution in [3.8, 4) is 11.6 Å². The lowest BCUT2D eigenvalue weighted by molar-refractivity contribution is -0.0580. The molecule has 0 fully saturated rings. The van der Waals surface area contributed by atoms with Crippen LogP contribution in [0, 0.1) is 17.2 Å². The van der Waals surface area contributed by atoms with Gasteiger partial charge in [-0.05, 0) is 83.8 Å². The van der Waals surface area contributed by atoms with Crippen LogP contribution in [-0.4, -0.2) is 78.4 Å². The van der Waals surface area contributed by atoms with Crippen molar-refractivity contribution in [1.29, 1.82) is 0 Å². The van der Waals surface area contributed by atoms with Gasteiger partial charge in [-0.15, -0.1) is 0 Å². The molecule has 10 nitrogen and oxygen atoms in total. The predicted octanol–water partition coefficient (Wildman–Crippen LogP) is 9.12. The summed E-state index contributed by atoms with van der Waals surface area (Å²) in [6.45, 7) is 24.2. The van der Waals surface area contributed by atoms with E-state index in [0.29, 0.717) is 54.5 Å². The number of hydrogen-bond donors (Lipinski definition) is 1. The quantitative estimate of drug-likeness (QED) is 0.175. The molecule has 0 saturated heterocycles. The molecular formula is C42H62FN3O7Si. The molecule has 12 heteroatoms. The number of halogens is 1. The Morgan fingerprint density at radius 1 is 0.981 bits per heavy atom. The van der Waals surface area contributed by atoms with Crippen LogP contribution < -0.4 is 9.47 Å². The van der Waals surface area contributed by atoms with Crippen molar-refractivity contribution in [1.82, 2.24) is 15.0 Å². The van der Waals surface area contributed by atoms with Gasteiger partial charge < -0.3 is 23.5 Å². The van der Waals surface area contributed by atoms with Gasteiger partial charge in [0.15, 0.2) is 25.5 Å². The summed E-state index contributed by atoms with van der Waals surface area (Å²) in [6, 6.07) is -0.589. The summed E-state index contributed by atoms with van der Waals surface area (Å²) in [5.74, 6) is -1.74. The number of allylic oxidation sites excluding steroid dienone is 1. The van der Waals surface area contributed by atoms with E-state index >= 15 is 14.0 Å². The van der Waals surface area contributed by atoms with Crippen LogP contribution in [0.3, 0.4) is 0 Å². The number of fused-ring (bicyclic) bond motifs is 5. The van der Waals surface area contributed by atoms with Crippen LogP contribution in [0.25, 0.3) is 0 Å². The van der Waals surface area contributed by atoms with Gasteiger partial charge in [-0.3, -0.25) is 19.4 Å². The Kier molecular flexibility index (Phi) is 10.4. The molecule has 0 radical (unpaired) electrons. The van der Waals surface area contributed by atoms with E-state index in [4.69, 9.17) is 18.4 Å². The van der Waals surface area contributed by atoms with Crippen LogP contribution in [0.1, 0.15) is 144 Å². The smallest absolute Gasteiger partial charge is 0.265 e. The standard InChI is InChI=1S/C42H62FN3O7Si/c1-14-16-18-50-34-26-23-46(39(3,4)5)22-25(26)31(43)24-20-41(9)21-27-32(45(10)11)35-29(38(44-52-35)51-19-17-15-2)36(48)42(27,53-54(12,13)40(6,7)8)37(49)30(41)33(47)28(24)34/h27,32,49H,14-23H2,1-13H3/t27-,32-,41-,42+/m0/s1. The zero-order valence-electron chi connectivity index (χ0n) is 34.8. The maximum atomic E-state index is 17.1. The second-order valence-electron chi connectivity index (χ2n) is 19.0. The average Bonchev–Trinajstić information content (AvgIpc) is 3.69. The molecule has 54 heavy (non-hydrogen) atoms. The van der Waals surface area contributed by atoms with Gasteiger partial charge in [0.25, 0.3) is 5.88 Å². The van der Waals surface area contributed by atoms with Crippen molar-refractivity contribution in [3.05, 3.63) is 50.7 Å². The van der Waals surface area contributed by atoms with E-state index in [0.717, 1.165) is 25.7 Å². The number of benzene rings is 1. The summed E-state index contributed by atoms with van der Waals surface area (Å²) in [7, 11) is 0.898. The highest BCUT2D eigenvalue weighted by Gasteiger charge is 2.69. The third-order valence-electron chi connectivity index (χ3n) is 12.9. The highest BCUT2D eigenvalue weighted by Crippen LogP contribution is 2.63. The maximum absolute atomic E-state index is 17.1. The summed E-state index contributed by atoms with van der Waals surface area (Å²) < 4.78 is 43.0. The number of rotatable bonds is 11. The molecule has 298 valence electrons. The van der Waals surface area contributed by atoms with Gasteiger partial charge in [0.05, 0.1) is 24.8 Å². The number of ether oxygens (including phenoxy) is 2. The first-order valence-electron chi connectivity index (χ1n) is 19.8. The molecule has 2 heterocycles. The van der Waals surface area contributed by atoms with Crippen molar-refractivity contribution in [2.45, 2.75) is 149 Å². The van der Waals surface area contributed by atoms with Gasteiger partial charge in [-0.2, -0.15) is 0 Å². The van der Waals surface area contributed by atoms with Crippen LogP contribution in [0.15, 0.2) is 15.9 Å². The fraction of sp³-hybridized carbons (Fsp3) is 0.690. The van der Waals surface area contributed by atoms with Crippen molar-refractivity contribution in [2.75, 3.05) is 27.3 Å². The molecule has 1 aromatic carbocycles. The van der Waals surface area contributed by atoms with E-state index in [1.54, 1.807) is 0 Å². The van der Waals surface area contributed by atoms with Gasteiger partial charge in [0, 0.05) is 52.2 Å². The van der Waals surface area contributed by atoms with Crippen molar-refractivity contribution in [3.63, 3.8) is 0 Å². The highest BCUT2D eigenvalue weighted by molar-refractivity contribution is 6.74. The molecule has 6 rings (SSSR count). The second-order valence-corrected chi connectivity index (χ2v) is 23.8. The van der Waals surface area contributed by atoms with Gasteiger partial charge >= 0.3 is 0 Å². The van der Waals surface area contributed by atoms with E-state index < -0.39 is 48.6 Å². The van der Waals surface area contributed by atoms with E-state index in [-0.39, 0.29) is 51.8 Å². The molecule has 1 aromatic heterocycles. The number of ketones is 2. The number of carbonyl (C=O) groups excluding carboxylic acids is 2. The van der Waals surface area contributed by atoms with Crippen LogP contribution in [0.4, 0.5) is 4.39 Å². The Balaban J connectivity index is 1.64. The minimum absolute atomic E-state index is 0.0612. The number of aromatic nitrogens is 1. The van der Waals surface area contributed by atoms with Crippen molar-refractivity contribution < 1.29 is 37.5 Å². The lowest BCUT2D eigenvalue weighted by Gasteiger charge is -2.57. The molecule has 3 aliphatic carbocycles. The molecule has 0 saturated carbocycles. The molecule has 0 bridgehead atoms. The molecule has 4 atom stereocenters. The van der Waals surface area contributed by atoms with Crippen LogP contribution in [0.5, 0.6) is 11.6 Å². The summed E-state index contributed by atoms with van der Waals surface area (Å²) in [5, 5.41) is 17.0. The largest absolute Gasteiger partial charge is 0.508 e. The Bertz CT molecular complexity index is 1870. The minimum Gasteiger partial charge on any atom is -0.508 e. The number of aliphatic hydroxyl groups is 1. The number of unbranched alkanes of at least 4 members (excludes halogenated alkanes) is 2. The first-order chi connectivity index (χ1) is 25.1.